The first kappa shape index (κ1) is 14.0. The Kier molecular flexibility index (Phi) is 4.38. The van der Waals surface area contributed by atoms with Crippen molar-refractivity contribution in [2.24, 2.45) is 0 Å². The van der Waals surface area contributed by atoms with E-state index in [0.29, 0.717) is 18.3 Å². The Morgan fingerprint density at radius 3 is 3.05 bits per heavy atom. The van der Waals surface area contributed by atoms with E-state index in [4.69, 9.17) is 21.1 Å². The van der Waals surface area contributed by atoms with Crippen molar-refractivity contribution in [1.29, 1.82) is 0 Å². The molecule has 2 aromatic rings. The predicted octanol–water partition coefficient (Wildman–Crippen LogP) is 3.69. The van der Waals surface area contributed by atoms with Gasteiger partial charge in [-0.2, -0.15) is 4.98 Å². The molecule has 1 aromatic heterocycles. The molecule has 0 saturated carbocycles. The Morgan fingerprint density at radius 2 is 2.30 bits per heavy atom. The van der Waals surface area contributed by atoms with E-state index in [1.807, 2.05) is 18.2 Å². The molecule has 0 aliphatic carbocycles. The summed E-state index contributed by atoms with van der Waals surface area (Å²) < 4.78 is 12.4. The molecule has 1 aliphatic rings. The molecule has 1 fully saturated rings. The summed E-state index contributed by atoms with van der Waals surface area (Å²) in [5, 5.41) is 0.889. The van der Waals surface area contributed by atoms with Gasteiger partial charge in [0.2, 0.25) is 5.88 Å². The van der Waals surface area contributed by atoms with Crippen LogP contribution >= 0.6 is 27.5 Å². The lowest BCUT2D eigenvalue weighted by Crippen LogP contribution is -2.17. The van der Waals surface area contributed by atoms with E-state index in [9.17, 15) is 0 Å². The highest BCUT2D eigenvalue weighted by atomic mass is 79.9. The Bertz CT molecular complexity index is 617. The molecule has 1 atom stereocenters. The average molecular weight is 358 g/mol. The number of ether oxygens (including phenoxy) is 2. The summed E-state index contributed by atoms with van der Waals surface area (Å²) in [5.74, 6) is 1.41. The first-order valence-corrected chi connectivity index (χ1v) is 7.85. The molecule has 4 nitrogen and oxygen atoms in total. The van der Waals surface area contributed by atoms with Crippen LogP contribution in [0.1, 0.15) is 18.7 Å². The zero-order chi connectivity index (χ0) is 13.9. The summed E-state index contributed by atoms with van der Waals surface area (Å²) in [6.07, 6.45) is 2.30. The van der Waals surface area contributed by atoms with Gasteiger partial charge in [0.1, 0.15) is 12.4 Å². The SMILES string of the molecule is ClCc1nc(OCC2CCCO2)c2ccc(Br)cc2n1. The molecule has 20 heavy (non-hydrogen) atoms. The van der Waals surface area contributed by atoms with Gasteiger partial charge in [0, 0.05) is 11.1 Å². The van der Waals surface area contributed by atoms with E-state index < -0.39 is 0 Å². The quantitative estimate of drug-likeness (QED) is 0.783. The minimum Gasteiger partial charge on any atom is -0.474 e. The molecule has 1 aliphatic heterocycles. The van der Waals surface area contributed by atoms with Crippen LogP contribution in [-0.2, 0) is 10.6 Å². The van der Waals surface area contributed by atoms with Gasteiger partial charge in [-0.05, 0) is 31.0 Å². The molecule has 2 heterocycles. The molecule has 1 unspecified atom stereocenters. The normalized spacial score (nSPS) is 18.6. The van der Waals surface area contributed by atoms with Gasteiger partial charge in [0.15, 0.2) is 0 Å². The van der Waals surface area contributed by atoms with E-state index >= 15 is 0 Å². The molecule has 0 amide bonds. The molecule has 1 aromatic carbocycles. The van der Waals surface area contributed by atoms with Crippen molar-refractivity contribution in [3.8, 4) is 5.88 Å². The van der Waals surface area contributed by atoms with Gasteiger partial charge >= 0.3 is 0 Å². The van der Waals surface area contributed by atoms with Crippen molar-refractivity contribution >= 4 is 38.4 Å². The number of hydrogen-bond acceptors (Lipinski definition) is 4. The van der Waals surface area contributed by atoms with Gasteiger partial charge in [-0.15, -0.1) is 11.6 Å². The van der Waals surface area contributed by atoms with Crippen molar-refractivity contribution < 1.29 is 9.47 Å². The summed E-state index contributed by atoms with van der Waals surface area (Å²) in [6.45, 7) is 1.34. The highest BCUT2D eigenvalue weighted by molar-refractivity contribution is 9.10. The van der Waals surface area contributed by atoms with Crippen molar-refractivity contribution in [3.05, 3.63) is 28.5 Å². The van der Waals surface area contributed by atoms with Crippen molar-refractivity contribution in [3.63, 3.8) is 0 Å². The lowest BCUT2D eigenvalue weighted by Gasteiger charge is -2.13. The maximum atomic E-state index is 5.85. The fourth-order valence-corrected chi connectivity index (χ4v) is 2.71. The van der Waals surface area contributed by atoms with E-state index in [-0.39, 0.29) is 12.0 Å². The predicted molar refractivity (Wildman–Crippen MR) is 81.3 cm³/mol. The van der Waals surface area contributed by atoms with Crippen molar-refractivity contribution in [1.82, 2.24) is 9.97 Å². The second-order valence-corrected chi connectivity index (χ2v) is 5.87. The first-order valence-electron chi connectivity index (χ1n) is 6.53. The number of aromatic nitrogens is 2. The van der Waals surface area contributed by atoms with Crippen LogP contribution in [-0.4, -0.2) is 29.3 Å². The molecule has 0 N–H and O–H groups in total. The highest BCUT2D eigenvalue weighted by Crippen LogP contribution is 2.26. The summed E-state index contributed by atoms with van der Waals surface area (Å²) in [6, 6.07) is 5.83. The van der Waals surface area contributed by atoms with Gasteiger partial charge in [-0.3, -0.25) is 0 Å². The van der Waals surface area contributed by atoms with Crippen molar-refractivity contribution in [2.45, 2.75) is 24.8 Å². The first-order chi connectivity index (χ1) is 9.76. The average Bonchev–Trinajstić information content (AvgIpc) is 2.97. The molecular formula is C14H14BrClN2O2. The number of hydrogen-bond donors (Lipinski definition) is 0. The van der Waals surface area contributed by atoms with E-state index in [1.54, 1.807) is 0 Å². The smallest absolute Gasteiger partial charge is 0.224 e. The summed E-state index contributed by atoms with van der Waals surface area (Å²) in [4.78, 5) is 8.78. The lowest BCUT2D eigenvalue weighted by atomic mass is 10.2. The number of nitrogens with zero attached hydrogens (tertiary/aromatic N) is 2. The topological polar surface area (TPSA) is 44.2 Å². The minimum atomic E-state index is 0.162. The zero-order valence-corrected chi connectivity index (χ0v) is 13.2. The lowest BCUT2D eigenvalue weighted by molar-refractivity contribution is 0.0668. The van der Waals surface area contributed by atoms with Crippen LogP contribution in [0.4, 0.5) is 0 Å². The van der Waals surface area contributed by atoms with Gasteiger partial charge in [0.25, 0.3) is 0 Å². The van der Waals surface area contributed by atoms with Crippen LogP contribution in [0.3, 0.4) is 0 Å². The monoisotopic (exact) mass is 356 g/mol. The molecule has 0 radical (unpaired) electrons. The maximum Gasteiger partial charge on any atom is 0.224 e. The van der Waals surface area contributed by atoms with Crippen LogP contribution in [0.2, 0.25) is 0 Å². The molecule has 0 spiro atoms. The van der Waals surface area contributed by atoms with Crippen LogP contribution in [0, 0.1) is 0 Å². The molecule has 1 saturated heterocycles. The fraction of sp³-hybridized carbons (Fsp3) is 0.429. The molecule has 3 rings (SSSR count). The van der Waals surface area contributed by atoms with E-state index in [0.717, 1.165) is 34.8 Å². The number of fused-ring (bicyclic) bond motifs is 1. The fourth-order valence-electron chi connectivity index (χ4n) is 2.24. The second kappa shape index (κ2) is 6.24. The minimum absolute atomic E-state index is 0.162. The van der Waals surface area contributed by atoms with Gasteiger partial charge in [-0.25, -0.2) is 4.98 Å². The standard InChI is InChI=1S/C14H14BrClN2O2/c15-9-3-4-11-12(6-9)17-13(7-16)18-14(11)20-8-10-2-1-5-19-10/h3-4,6,10H,1-2,5,7-8H2. The highest BCUT2D eigenvalue weighted by Gasteiger charge is 2.17. The van der Waals surface area contributed by atoms with Crippen LogP contribution in [0.25, 0.3) is 10.9 Å². The van der Waals surface area contributed by atoms with Gasteiger partial charge < -0.3 is 9.47 Å². The van der Waals surface area contributed by atoms with E-state index in [1.165, 1.54) is 0 Å². The second-order valence-electron chi connectivity index (χ2n) is 4.69. The van der Waals surface area contributed by atoms with Gasteiger partial charge in [-0.1, -0.05) is 15.9 Å². The third kappa shape index (κ3) is 3.05. The number of alkyl halides is 1. The van der Waals surface area contributed by atoms with Crippen LogP contribution in [0.5, 0.6) is 5.88 Å². The van der Waals surface area contributed by atoms with E-state index in [2.05, 4.69) is 25.9 Å². The van der Waals surface area contributed by atoms with Crippen molar-refractivity contribution in [2.75, 3.05) is 13.2 Å². The zero-order valence-electron chi connectivity index (χ0n) is 10.8. The van der Waals surface area contributed by atoms with Crippen LogP contribution in [0.15, 0.2) is 22.7 Å². The Balaban J connectivity index is 1.90. The molecule has 106 valence electrons. The van der Waals surface area contributed by atoms with Gasteiger partial charge in [0.05, 0.1) is 22.9 Å². The van der Waals surface area contributed by atoms with Crippen LogP contribution < -0.4 is 4.74 Å². The Hall–Kier alpha value is -0.910. The maximum absolute atomic E-state index is 5.85. The Morgan fingerprint density at radius 1 is 1.40 bits per heavy atom. The third-order valence-electron chi connectivity index (χ3n) is 3.22. The number of benzene rings is 1. The Labute approximate surface area is 130 Å². The summed E-state index contributed by atoms with van der Waals surface area (Å²) in [5.41, 5.74) is 0.826. The number of rotatable bonds is 4. The number of halogens is 2. The summed E-state index contributed by atoms with van der Waals surface area (Å²) >= 11 is 9.29. The molecular weight excluding hydrogens is 344 g/mol. The third-order valence-corrected chi connectivity index (χ3v) is 3.95. The summed E-state index contributed by atoms with van der Waals surface area (Å²) in [7, 11) is 0. The largest absolute Gasteiger partial charge is 0.474 e. The molecule has 0 bridgehead atoms. The molecule has 6 heteroatoms.